The maximum absolute atomic E-state index is 13.1. The molecule has 0 aliphatic heterocycles. The molecule has 0 saturated heterocycles. The van der Waals surface area contributed by atoms with Crippen molar-refractivity contribution in [1.82, 2.24) is 0 Å². The zero-order valence-electron chi connectivity index (χ0n) is 11.2. The van der Waals surface area contributed by atoms with Crippen LogP contribution in [0.2, 0.25) is 0 Å². The van der Waals surface area contributed by atoms with Gasteiger partial charge in [-0.3, -0.25) is 0 Å². The van der Waals surface area contributed by atoms with Crippen LogP contribution in [0, 0.1) is 11.6 Å². The molecule has 0 heterocycles. The van der Waals surface area contributed by atoms with E-state index in [0.717, 1.165) is 12.1 Å². The molecule has 0 atom stereocenters. The van der Waals surface area contributed by atoms with E-state index in [4.69, 9.17) is 15.2 Å². The Kier molecular flexibility index (Phi) is 4.37. The Morgan fingerprint density at radius 3 is 2.43 bits per heavy atom. The summed E-state index contributed by atoms with van der Waals surface area (Å²) in [7, 11) is 0. The predicted octanol–water partition coefficient (Wildman–Crippen LogP) is 3.52. The number of anilines is 1. The maximum Gasteiger partial charge on any atom is 0.340 e. The van der Waals surface area contributed by atoms with Crippen molar-refractivity contribution in [2.45, 2.75) is 6.92 Å². The SMILES string of the molecule is CCOC(=O)c1cc(Oc2ccc(F)c(F)c2)ccc1N. The fourth-order valence-electron chi connectivity index (χ4n) is 1.66. The molecule has 0 amide bonds. The van der Waals surface area contributed by atoms with Crippen LogP contribution >= 0.6 is 0 Å². The molecule has 0 aliphatic carbocycles. The van der Waals surface area contributed by atoms with Crippen LogP contribution < -0.4 is 10.5 Å². The highest BCUT2D eigenvalue weighted by Crippen LogP contribution is 2.26. The van der Waals surface area contributed by atoms with Gasteiger partial charge >= 0.3 is 5.97 Å². The van der Waals surface area contributed by atoms with Crippen molar-refractivity contribution in [2.24, 2.45) is 0 Å². The fourth-order valence-corrected chi connectivity index (χ4v) is 1.66. The van der Waals surface area contributed by atoms with Crippen LogP contribution in [0.4, 0.5) is 14.5 Å². The summed E-state index contributed by atoms with van der Waals surface area (Å²) in [6, 6.07) is 7.51. The number of ether oxygens (including phenoxy) is 2. The van der Waals surface area contributed by atoms with E-state index < -0.39 is 17.6 Å². The molecule has 0 spiro atoms. The Hall–Kier alpha value is -2.63. The van der Waals surface area contributed by atoms with Gasteiger partial charge in [0.05, 0.1) is 12.2 Å². The number of rotatable bonds is 4. The Labute approximate surface area is 120 Å². The van der Waals surface area contributed by atoms with Crippen molar-refractivity contribution < 1.29 is 23.0 Å². The summed E-state index contributed by atoms with van der Waals surface area (Å²) in [5.74, 6) is -2.20. The number of benzene rings is 2. The van der Waals surface area contributed by atoms with Gasteiger partial charge in [-0.2, -0.15) is 0 Å². The average molecular weight is 293 g/mol. The summed E-state index contributed by atoms with van der Waals surface area (Å²) in [6.07, 6.45) is 0. The Morgan fingerprint density at radius 2 is 1.76 bits per heavy atom. The summed E-state index contributed by atoms with van der Waals surface area (Å²) >= 11 is 0. The first kappa shape index (κ1) is 14.8. The van der Waals surface area contributed by atoms with Gasteiger partial charge in [-0.15, -0.1) is 0 Å². The standard InChI is InChI=1S/C15H13F2NO3/c1-2-20-15(19)11-7-9(4-6-14(11)18)21-10-3-5-12(16)13(17)8-10/h3-8H,2,18H2,1H3. The second-order valence-electron chi connectivity index (χ2n) is 4.15. The molecule has 0 bridgehead atoms. The van der Waals surface area contributed by atoms with E-state index in [1.165, 1.54) is 24.3 Å². The second-order valence-corrected chi connectivity index (χ2v) is 4.15. The number of nitrogens with two attached hydrogens (primary N) is 1. The molecule has 0 unspecified atom stereocenters. The number of carbonyl (C=O) groups excluding carboxylic acids is 1. The fraction of sp³-hybridized carbons (Fsp3) is 0.133. The van der Waals surface area contributed by atoms with Gasteiger partial charge in [0.1, 0.15) is 11.5 Å². The minimum Gasteiger partial charge on any atom is -0.462 e. The van der Waals surface area contributed by atoms with Crippen molar-refractivity contribution in [2.75, 3.05) is 12.3 Å². The van der Waals surface area contributed by atoms with Crippen LogP contribution in [0.5, 0.6) is 11.5 Å². The van der Waals surface area contributed by atoms with Crippen molar-refractivity contribution in [3.05, 3.63) is 53.6 Å². The quantitative estimate of drug-likeness (QED) is 0.692. The largest absolute Gasteiger partial charge is 0.462 e. The van der Waals surface area contributed by atoms with Gasteiger partial charge in [0.25, 0.3) is 0 Å². The van der Waals surface area contributed by atoms with Crippen molar-refractivity contribution >= 4 is 11.7 Å². The van der Waals surface area contributed by atoms with Gasteiger partial charge in [0.15, 0.2) is 11.6 Å². The van der Waals surface area contributed by atoms with Crippen LogP contribution in [0.15, 0.2) is 36.4 Å². The molecular formula is C15H13F2NO3. The minimum absolute atomic E-state index is 0.105. The molecule has 2 rings (SSSR count). The van der Waals surface area contributed by atoms with E-state index in [0.29, 0.717) is 0 Å². The molecule has 21 heavy (non-hydrogen) atoms. The molecular weight excluding hydrogens is 280 g/mol. The van der Waals surface area contributed by atoms with Crippen molar-refractivity contribution in [1.29, 1.82) is 0 Å². The maximum atomic E-state index is 13.1. The Bertz CT molecular complexity index is 674. The third-order valence-corrected chi connectivity index (χ3v) is 2.65. The summed E-state index contributed by atoms with van der Waals surface area (Å²) in [5.41, 5.74) is 6.08. The molecule has 0 aliphatic rings. The number of hydrogen-bond acceptors (Lipinski definition) is 4. The smallest absolute Gasteiger partial charge is 0.340 e. The molecule has 110 valence electrons. The zero-order chi connectivity index (χ0) is 15.4. The zero-order valence-corrected chi connectivity index (χ0v) is 11.2. The molecule has 0 radical (unpaired) electrons. The molecule has 2 aromatic carbocycles. The number of nitrogen functional groups attached to an aromatic ring is 1. The lowest BCUT2D eigenvalue weighted by atomic mass is 10.1. The molecule has 0 fully saturated rings. The average Bonchev–Trinajstić information content (AvgIpc) is 2.45. The highest BCUT2D eigenvalue weighted by Gasteiger charge is 2.13. The normalized spacial score (nSPS) is 10.2. The monoisotopic (exact) mass is 293 g/mol. The van der Waals surface area contributed by atoms with Gasteiger partial charge in [-0.05, 0) is 37.3 Å². The molecule has 6 heteroatoms. The molecule has 2 aromatic rings. The van der Waals surface area contributed by atoms with Crippen LogP contribution in [0.3, 0.4) is 0 Å². The topological polar surface area (TPSA) is 61.5 Å². The first-order valence-corrected chi connectivity index (χ1v) is 6.20. The molecule has 0 aromatic heterocycles. The summed E-state index contributed by atoms with van der Waals surface area (Å²) in [4.78, 5) is 11.7. The third-order valence-electron chi connectivity index (χ3n) is 2.65. The number of carbonyl (C=O) groups is 1. The number of hydrogen-bond donors (Lipinski definition) is 1. The highest BCUT2D eigenvalue weighted by atomic mass is 19.2. The lowest BCUT2D eigenvalue weighted by Crippen LogP contribution is -2.08. The summed E-state index contributed by atoms with van der Waals surface area (Å²) < 4.78 is 36.2. The van der Waals surface area contributed by atoms with Gasteiger partial charge < -0.3 is 15.2 Å². The predicted molar refractivity (Wildman–Crippen MR) is 73.2 cm³/mol. The first-order chi connectivity index (χ1) is 10.0. The first-order valence-electron chi connectivity index (χ1n) is 6.20. The molecule has 0 saturated carbocycles. The van der Waals surface area contributed by atoms with E-state index in [2.05, 4.69) is 0 Å². The third kappa shape index (κ3) is 3.47. The van der Waals surface area contributed by atoms with E-state index in [1.54, 1.807) is 6.92 Å². The molecule has 2 N–H and O–H groups in total. The number of halogens is 2. The van der Waals surface area contributed by atoms with Crippen LogP contribution in [0.25, 0.3) is 0 Å². The second kappa shape index (κ2) is 6.21. The van der Waals surface area contributed by atoms with Gasteiger partial charge in [0.2, 0.25) is 0 Å². The van der Waals surface area contributed by atoms with Crippen LogP contribution in [0.1, 0.15) is 17.3 Å². The Balaban J connectivity index is 2.26. The van der Waals surface area contributed by atoms with Crippen molar-refractivity contribution in [3.8, 4) is 11.5 Å². The van der Waals surface area contributed by atoms with Crippen LogP contribution in [-0.2, 0) is 4.74 Å². The van der Waals surface area contributed by atoms with Crippen LogP contribution in [-0.4, -0.2) is 12.6 Å². The minimum atomic E-state index is -1.02. The number of esters is 1. The van der Waals surface area contributed by atoms with E-state index in [1.807, 2.05) is 0 Å². The molecule has 4 nitrogen and oxygen atoms in total. The summed E-state index contributed by atoms with van der Waals surface area (Å²) in [5, 5.41) is 0. The van der Waals surface area contributed by atoms with E-state index in [-0.39, 0.29) is 29.4 Å². The Morgan fingerprint density at radius 1 is 1.10 bits per heavy atom. The van der Waals surface area contributed by atoms with E-state index in [9.17, 15) is 13.6 Å². The van der Waals surface area contributed by atoms with Gasteiger partial charge in [0, 0.05) is 11.8 Å². The van der Waals surface area contributed by atoms with E-state index >= 15 is 0 Å². The highest BCUT2D eigenvalue weighted by molar-refractivity contribution is 5.95. The lowest BCUT2D eigenvalue weighted by Gasteiger charge is -2.09. The lowest BCUT2D eigenvalue weighted by molar-refractivity contribution is 0.0527. The van der Waals surface area contributed by atoms with Gasteiger partial charge in [-0.25, -0.2) is 13.6 Å². The van der Waals surface area contributed by atoms with Crippen molar-refractivity contribution in [3.63, 3.8) is 0 Å². The van der Waals surface area contributed by atoms with Gasteiger partial charge in [-0.1, -0.05) is 0 Å². The summed E-state index contributed by atoms with van der Waals surface area (Å²) in [6.45, 7) is 1.89.